The number of thioether (sulfide) groups is 1. The summed E-state index contributed by atoms with van der Waals surface area (Å²) in [6.07, 6.45) is 1.77. The lowest BCUT2D eigenvalue weighted by Crippen LogP contribution is -2.03. The molecule has 0 fully saturated rings. The molecule has 0 aliphatic carbocycles. The third kappa shape index (κ3) is 2.74. The highest BCUT2D eigenvalue weighted by Crippen LogP contribution is 2.24. The summed E-state index contributed by atoms with van der Waals surface area (Å²) in [5.41, 5.74) is 9.45. The summed E-state index contributed by atoms with van der Waals surface area (Å²) in [5.74, 6) is 0.843. The first-order valence-electron chi connectivity index (χ1n) is 4.42. The van der Waals surface area contributed by atoms with Gasteiger partial charge in [0.25, 0.3) is 0 Å². The van der Waals surface area contributed by atoms with Crippen molar-refractivity contribution in [1.82, 2.24) is 15.2 Å². The number of aromatic nitrogens is 3. The van der Waals surface area contributed by atoms with Crippen LogP contribution < -0.4 is 5.73 Å². The smallest absolute Gasteiger partial charge is 0.174 e. The lowest BCUT2D eigenvalue weighted by molar-refractivity contribution is 0.962. The molecule has 0 spiro atoms. The highest BCUT2D eigenvalue weighted by molar-refractivity contribution is 8.00. The highest BCUT2D eigenvalue weighted by atomic mass is 32.2. The Morgan fingerprint density at radius 2 is 2.40 bits per heavy atom. The summed E-state index contributed by atoms with van der Waals surface area (Å²) in [6, 6.07) is 3.97. The highest BCUT2D eigenvalue weighted by Gasteiger charge is 2.03. The van der Waals surface area contributed by atoms with Gasteiger partial charge in [-0.15, -0.1) is 10.2 Å². The quantitative estimate of drug-likeness (QED) is 0.821. The van der Waals surface area contributed by atoms with Gasteiger partial charge in [0.15, 0.2) is 4.34 Å². The molecule has 0 aliphatic rings. The second-order valence-corrected chi connectivity index (χ2v) is 4.86. The Morgan fingerprint density at radius 3 is 3.13 bits per heavy atom. The Hall–Kier alpha value is -0.980. The first-order valence-corrected chi connectivity index (χ1v) is 6.28. The van der Waals surface area contributed by atoms with E-state index < -0.39 is 0 Å². The molecule has 0 aromatic carbocycles. The molecule has 0 aliphatic heterocycles. The first-order chi connectivity index (χ1) is 7.40. The summed E-state index contributed by atoms with van der Waals surface area (Å²) in [7, 11) is 0. The molecule has 2 rings (SSSR count). The topological polar surface area (TPSA) is 64.7 Å². The molecule has 2 aromatic heterocycles. The second-order valence-electron chi connectivity index (χ2n) is 2.81. The van der Waals surface area contributed by atoms with Gasteiger partial charge >= 0.3 is 0 Å². The Balaban J connectivity index is 2.04. The van der Waals surface area contributed by atoms with Crippen molar-refractivity contribution in [2.45, 2.75) is 16.6 Å². The van der Waals surface area contributed by atoms with Crippen LogP contribution in [0, 0.1) is 0 Å². The van der Waals surface area contributed by atoms with Gasteiger partial charge in [0.1, 0.15) is 5.51 Å². The average molecular weight is 238 g/mol. The van der Waals surface area contributed by atoms with Gasteiger partial charge in [-0.3, -0.25) is 4.98 Å². The number of rotatable bonds is 4. The van der Waals surface area contributed by atoms with Gasteiger partial charge in [0.2, 0.25) is 0 Å². The minimum atomic E-state index is 0.479. The number of nitrogens with zero attached hydrogens (tertiary/aromatic N) is 3. The molecule has 0 atom stereocenters. The van der Waals surface area contributed by atoms with Crippen molar-refractivity contribution in [1.29, 1.82) is 0 Å². The lowest BCUT2D eigenvalue weighted by atomic mass is 10.2. The Labute approximate surface area is 95.9 Å². The predicted octanol–water partition coefficient (Wildman–Crippen LogP) is 1.68. The Morgan fingerprint density at radius 1 is 1.47 bits per heavy atom. The number of nitrogens with two attached hydrogens (primary N) is 1. The van der Waals surface area contributed by atoms with E-state index in [1.807, 2.05) is 12.1 Å². The van der Waals surface area contributed by atoms with Crippen LogP contribution in [-0.4, -0.2) is 15.2 Å². The van der Waals surface area contributed by atoms with Crippen molar-refractivity contribution in [3.63, 3.8) is 0 Å². The van der Waals surface area contributed by atoms with Crippen molar-refractivity contribution in [3.05, 3.63) is 35.1 Å². The number of hydrogen-bond donors (Lipinski definition) is 1. The van der Waals surface area contributed by atoms with Crippen molar-refractivity contribution in [3.8, 4) is 0 Å². The molecule has 0 saturated carbocycles. The minimum absolute atomic E-state index is 0.479. The van der Waals surface area contributed by atoms with Crippen LogP contribution in [0.2, 0.25) is 0 Å². The maximum Gasteiger partial charge on any atom is 0.174 e. The largest absolute Gasteiger partial charge is 0.325 e. The monoisotopic (exact) mass is 238 g/mol. The van der Waals surface area contributed by atoms with Crippen molar-refractivity contribution < 1.29 is 0 Å². The molecule has 0 unspecified atom stereocenters. The van der Waals surface area contributed by atoms with Crippen LogP contribution in [-0.2, 0) is 12.3 Å². The summed E-state index contributed by atoms with van der Waals surface area (Å²) >= 11 is 3.20. The Bertz CT molecular complexity index is 416. The van der Waals surface area contributed by atoms with E-state index in [9.17, 15) is 0 Å². The van der Waals surface area contributed by atoms with E-state index in [-0.39, 0.29) is 0 Å². The second kappa shape index (κ2) is 5.20. The van der Waals surface area contributed by atoms with Crippen LogP contribution >= 0.6 is 23.1 Å². The lowest BCUT2D eigenvalue weighted by Gasteiger charge is -2.03. The molecule has 15 heavy (non-hydrogen) atoms. The van der Waals surface area contributed by atoms with Crippen LogP contribution in [0.4, 0.5) is 0 Å². The van der Waals surface area contributed by atoms with Crippen LogP contribution in [0.15, 0.2) is 28.2 Å². The minimum Gasteiger partial charge on any atom is -0.325 e. The van der Waals surface area contributed by atoms with E-state index in [4.69, 9.17) is 5.73 Å². The zero-order valence-electron chi connectivity index (χ0n) is 7.96. The van der Waals surface area contributed by atoms with E-state index in [1.165, 1.54) is 5.56 Å². The van der Waals surface area contributed by atoms with Gasteiger partial charge < -0.3 is 5.73 Å². The molecule has 6 heteroatoms. The number of pyridine rings is 1. The average Bonchev–Trinajstić information content (AvgIpc) is 2.79. The molecule has 0 saturated heterocycles. The molecule has 0 radical (unpaired) electrons. The SMILES string of the molecule is NCc1ncccc1CSc1nncs1. The zero-order chi connectivity index (χ0) is 10.5. The van der Waals surface area contributed by atoms with Crippen LogP contribution in [0.25, 0.3) is 0 Å². The van der Waals surface area contributed by atoms with Gasteiger partial charge in [-0.2, -0.15) is 0 Å². The van der Waals surface area contributed by atoms with Gasteiger partial charge in [-0.25, -0.2) is 0 Å². The summed E-state index contributed by atoms with van der Waals surface area (Å²) in [4.78, 5) is 4.23. The van der Waals surface area contributed by atoms with Crippen molar-refractivity contribution in [2.75, 3.05) is 0 Å². The molecule has 4 nitrogen and oxygen atoms in total. The molecule has 2 N–H and O–H groups in total. The standard InChI is InChI=1S/C9H10N4S2/c10-4-8-7(2-1-3-11-8)5-14-9-13-12-6-15-9/h1-3,6H,4-5,10H2. The molecular formula is C9H10N4S2. The zero-order valence-corrected chi connectivity index (χ0v) is 9.59. The van der Waals surface area contributed by atoms with Crippen LogP contribution in [0.1, 0.15) is 11.3 Å². The molecule has 0 bridgehead atoms. The van der Waals surface area contributed by atoms with Crippen molar-refractivity contribution >= 4 is 23.1 Å². The van der Waals surface area contributed by atoms with E-state index in [0.29, 0.717) is 6.54 Å². The number of hydrogen-bond acceptors (Lipinski definition) is 6. The fraction of sp³-hybridized carbons (Fsp3) is 0.222. The van der Waals surface area contributed by atoms with Gasteiger partial charge in [0, 0.05) is 18.5 Å². The molecule has 2 heterocycles. The summed E-state index contributed by atoms with van der Waals surface area (Å²) in [6.45, 7) is 0.479. The molecule has 0 amide bonds. The van der Waals surface area contributed by atoms with E-state index in [0.717, 1.165) is 15.8 Å². The summed E-state index contributed by atoms with van der Waals surface area (Å²) in [5, 5.41) is 7.75. The van der Waals surface area contributed by atoms with Gasteiger partial charge in [-0.1, -0.05) is 29.2 Å². The van der Waals surface area contributed by atoms with Crippen LogP contribution in [0.5, 0.6) is 0 Å². The summed E-state index contributed by atoms with van der Waals surface area (Å²) < 4.78 is 0.974. The maximum atomic E-state index is 5.60. The predicted molar refractivity (Wildman–Crippen MR) is 61.6 cm³/mol. The third-order valence-electron chi connectivity index (χ3n) is 1.87. The van der Waals surface area contributed by atoms with E-state index >= 15 is 0 Å². The normalized spacial score (nSPS) is 10.5. The van der Waals surface area contributed by atoms with Crippen molar-refractivity contribution in [2.24, 2.45) is 5.73 Å². The maximum absolute atomic E-state index is 5.60. The van der Waals surface area contributed by atoms with Crippen LogP contribution in [0.3, 0.4) is 0 Å². The van der Waals surface area contributed by atoms with E-state index in [2.05, 4.69) is 15.2 Å². The molecular weight excluding hydrogens is 228 g/mol. The fourth-order valence-corrected chi connectivity index (χ4v) is 2.66. The van der Waals surface area contributed by atoms with Gasteiger partial charge in [0.05, 0.1) is 5.69 Å². The first kappa shape index (κ1) is 10.5. The van der Waals surface area contributed by atoms with E-state index in [1.54, 1.807) is 34.8 Å². The third-order valence-corrected chi connectivity index (χ3v) is 3.78. The fourth-order valence-electron chi connectivity index (χ4n) is 1.15. The Kier molecular flexibility index (Phi) is 3.65. The molecule has 78 valence electrons. The van der Waals surface area contributed by atoms with Gasteiger partial charge in [-0.05, 0) is 11.6 Å². The molecule has 2 aromatic rings.